The molecule has 14 heavy (non-hydrogen) atoms. The largest absolute Gasteiger partial charge is 0.395 e. The maximum atomic E-state index is 8.81. The lowest BCUT2D eigenvalue weighted by Crippen LogP contribution is -2.26. The van der Waals surface area contributed by atoms with Crippen LogP contribution in [-0.4, -0.2) is 34.7 Å². The van der Waals surface area contributed by atoms with E-state index in [-0.39, 0.29) is 6.61 Å². The van der Waals surface area contributed by atoms with E-state index in [1.807, 2.05) is 6.07 Å². The van der Waals surface area contributed by atoms with Gasteiger partial charge in [-0.2, -0.15) is 0 Å². The standard InChI is InChI=1S/C10H15ClN2O/c1-2-13(5-6-14)8-10-7-9(11)3-4-12-10/h3-4,7,14H,2,5-6,8H2,1H3. The Balaban J connectivity index is 2.57. The highest BCUT2D eigenvalue weighted by Gasteiger charge is 2.03. The molecule has 0 spiro atoms. The van der Waals surface area contributed by atoms with Crippen LogP contribution in [0.5, 0.6) is 0 Å². The summed E-state index contributed by atoms with van der Waals surface area (Å²) in [7, 11) is 0. The molecule has 0 aliphatic carbocycles. The Labute approximate surface area is 89.3 Å². The Morgan fingerprint density at radius 2 is 2.36 bits per heavy atom. The van der Waals surface area contributed by atoms with Crippen molar-refractivity contribution in [2.45, 2.75) is 13.5 Å². The molecule has 3 nitrogen and oxygen atoms in total. The number of halogens is 1. The number of aromatic nitrogens is 1. The number of nitrogens with zero attached hydrogens (tertiary/aromatic N) is 2. The van der Waals surface area contributed by atoms with Crippen LogP contribution >= 0.6 is 11.6 Å². The summed E-state index contributed by atoms with van der Waals surface area (Å²) in [6.07, 6.45) is 1.70. The summed E-state index contributed by atoms with van der Waals surface area (Å²) in [6, 6.07) is 3.61. The minimum Gasteiger partial charge on any atom is -0.395 e. The van der Waals surface area contributed by atoms with Gasteiger partial charge < -0.3 is 5.11 Å². The molecule has 0 fully saturated rings. The van der Waals surface area contributed by atoms with Crippen molar-refractivity contribution < 1.29 is 5.11 Å². The van der Waals surface area contributed by atoms with Crippen molar-refractivity contribution in [1.29, 1.82) is 0 Å². The monoisotopic (exact) mass is 214 g/mol. The van der Waals surface area contributed by atoms with Crippen molar-refractivity contribution in [1.82, 2.24) is 9.88 Å². The van der Waals surface area contributed by atoms with Gasteiger partial charge in [-0.1, -0.05) is 18.5 Å². The fraction of sp³-hybridized carbons (Fsp3) is 0.500. The van der Waals surface area contributed by atoms with E-state index >= 15 is 0 Å². The predicted octanol–water partition coefficient (Wildman–Crippen LogP) is 1.55. The Morgan fingerprint density at radius 1 is 1.57 bits per heavy atom. The van der Waals surface area contributed by atoms with Gasteiger partial charge >= 0.3 is 0 Å². The van der Waals surface area contributed by atoms with Crippen LogP contribution in [-0.2, 0) is 6.54 Å². The molecule has 0 aliphatic rings. The van der Waals surface area contributed by atoms with E-state index < -0.39 is 0 Å². The maximum Gasteiger partial charge on any atom is 0.0558 e. The van der Waals surface area contributed by atoms with Crippen LogP contribution < -0.4 is 0 Å². The highest BCUT2D eigenvalue weighted by atomic mass is 35.5. The lowest BCUT2D eigenvalue weighted by atomic mass is 10.3. The molecule has 78 valence electrons. The molecule has 0 atom stereocenters. The molecule has 1 rings (SSSR count). The van der Waals surface area contributed by atoms with Gasteiger partial charge in [0, 0.05) is 24.3 Å². The fourth-order valence-corrected chi connectivity index (χ4v) is 1.44. The van der Waals surface area contributed by atoms with E-state index in [1.54, 1.807) is 12.3 Å². The minimum atomic E-state index is 0.175. The van der Waals surface area contributed by atoms with Gasteiger partial charge in [-0.05, 0) is 18.7 Å². The van der Waals surface area contributed by atoms with Crippen LogP contribution in [0, 0.1) is 0 Å². The van der Waals surface area contributed by atoms with Crippen molar-refractivity contribution in [3.63, 3.8) is 0 Å². The quantitative estimate of drug-likeness (QED) is 0.808. The number of aliphatic hydroxyl groups is 1. The average Bonchev–Trinajstić information content (AvgIpc) is 2.17. The third-order valence-corrected chi connectivity index (χ3v) is 2.26. The second-order valence-electron chi connectivity index (χ2n) is 3.06. The number of hydrogen-bond donors (Lipinski definition) is 1. The van der Waals surface area contributed by atoms with Crippen molar-refractivity contribution in [2.24, 2.45) is 0 Å². The number of likely N-dealkylation sites (N-methyl/N-ethyl adjacent to an activating group) is 1. The van der Waals surface area contributed by atoms with Crippen molar-refractivity contribution in [3.8, 4) is 0 Å². The summed E-state index contributed by atoms with van der Waals surface area (Å²) < 4.78 is 0. The normalized spacial score (nSPS) is 10.9. The molecule has 0 bridgehead atoms. The lowest BCUT2D eigenvalue weighted by Gasteiger charge is -2.18. The lowest BCUT2D eigenvalue weighted by molar-refractivity contribution is 0.195. The number of pyridine rings is 1. The van der Waals surface area contributed by atoms with E-state index in [1.165, 1.54) is 0 Å². The average molecular weight is 215 g/mol. The van der Waals surface area contributed by atoms with Crippen molar-refractivity contribution >= 4 is 11.6 Å². The van der Waals surface area contributed by atoms with Gasteiger partial charge in [0.15, 0.2) is 0 Å². The van der Waals surface area contributed by atoms with Gasteiger partial charge in [0.1, 0.15) is 0 Å². The molecule has 0 aliphatic heterocycles. The van der Waals surface area contributed by atoms with Crippen LogP contribution in [0.1, 0.15) is 12.6 Å². The van der Waals surface area contributed by atoms with Gasteiger partial charge in [-0.3, -0.25) is 9.88 Å². The molecule has 1 heterocycles. The second kappa shape index (κ2) is 5.96. The highest BCUT2D eigenvalue weighted by Crippen LogP contribution is 2.09. The summed E-state index contributed by atoms with van der Waals surface area (Å²) in [5.41, 5.74) is 0.938. The molecular weight excluding hydrogens is 200 g/mol. The van der Waals surface area contributed by atoms with E-state index in [9.17, 15) is 0 Å². The van der Waals surface area contributed by atoms with Crippen molar-refractivity contribution in [3.05, 3.63) is 29.0 Å². The zero-order chi connectivity index (χ0) is 10.4. The Kier molecular flexibility index (Phi) is 4.87. The third kappa shape index (κ3) is 3.62. The van der Waals surface area contributed by atoms with Gasteiger partial charge in [0.25, 0.3) is 0 Å². The van der Waals surface area contributed by atoms with E-state index in [0.717, 1.165) is 18.8 Å². The van der Waals surface area contributed by atoms with E-state index in [4.69, 9.17) is 16.7 Å². The van der Waals surface area contributed by atoms with Gasteiger partial charge in [0.05, 0.1) is 12.3 Å². The van der Waals surface area contributed by atoms with Gasteiger partial charge in [0.2, 0.25) is 0 Å². The molecular formula is C10H15ClN2O. The third-order valence-electron chi connectivity index (χ3n) is 2.03. The maximum absolute atomic E-state index is 8.81. The molecule has 1 aromatic heterocycles. The molecule has 1 aromatic rings. The molecule has 0 aromatic carbocycles. The Hall–Kier alpha value is -0.640. The zero-order valence-corrected chi connectivity index (χ0v) is 9.04. The zero-order valence-electron chi connectivity index (χ0n) is 8.28. The first-order chi connectivity index (χ1) is 6.76. The Morgan fingerprint density at radius 3 is 2.93 bits per heavy atom. The smallest absolute Gasteiger partial charge is 0.0558 e. The molecule has 0 radical (unpaired) electrons. The summed E-state index contributed by atoms with van der Waals surface area (Å²) >= 11 is 5.84. The van der Waals surface area contributed by atoms with Crippen LogP contribution in [0.4, 0.5) is 0 Å². The van der Waals surface area contributed by atoms with E-state index in [0.29, 0.717) is 11.6 Å². The van der Waals surface area contributed by atoms with Crippen LogP contribution in [0.3, 0.4) is 0 Å². The molecule has 1 N–H and O–H groups in total. The first-order valence-electron chi connectivity index (χ1n) is 4.70. The molecule has 0 saturated heterocycles. The summed E-state index contributed by atoms with van der Waals surface area (Å²) in [6.45, 7) is 4.53. The first kappa shape index (κ1) is 11.4. The van der Waals surface area contributed by atoms with Crippen molar-refractivity contribution in [2.75, 3.05) is 19.7 Å². The van der Waals surface area contributed by atoms with Gasteiger partial charge in [-0.25, -0.2) is 0 Å². The van der Waals surface area contributed by atoms with Gasteiger partial charge in [-0.15, -0.1) is 0 Å². The first-order valence-corrected chi connectivity index (χ1v) is 5.07. The second-order valence-corrected chi connectivity index (χ2v) is 3.49. The summed E-state index contributed by atoms with van der Waals surface area (Å²) in [5, 5.41) is 9.52. The molecule has 0 amide bonds. The molecule has 0 unspecified atom stereocenters. The Bertz CT molecular complexity index is 281. The SMILES string of the molecule is CCN(CCO)Cc1cc(Cl)ccn1. The molecule has 4 heteroatoms. The van der Waals surface area contributed by atoms with Crippen LogP contribution in [0.25, 0.3) is 0 Å². The fourth-order valence-electron chi connectivity index (χ4n) is 1.25. The predicted molar refractivity (Wildman–Crippen MR) is 57.3 cm³/mol. The van der Waals surface area contributed by atoms with Crippen LogP contribution in [0.2, 0.25) is 5.02 Å². The topological polar surface area (TPSA) is 36.4 Å². The van der Waals surface area contributed by atoms with E-state index in [2.05, 4.69) is 16.8 Å². The number of rotatable bonds is 5. The highest BCUT2D eigenvalue weighted by molar-refractivity contribution is 6.30. The summed E-state index contributed by atoms with van der Waals surface area (Å²) in [5.74, 6) is 0. The molecule has 0 saturated carbocycles. The number of aliphatic hydroxyl groups excluding tert-OH is 1. The van der Waals surface area contributed by atoms with Crippen LogP contribution in [0.15, 0.2) is 18.3 Å². The summed E-state index contributed by atoms with van der Waals surface area (Å²) in [4.78, 5) is 6.31. The number of hydrogen-bond acceptors (Lipinski definition) is 3. The minimum absolute atomic E-state index is 0.175.